The molecule has 2 aromatic rings. The highest BCUT2D eigenvalue weighted by molar-refractivity contribution is 6.22. The van der Waals surface area contributed by atoms with Gasteiger partial charge in [-0.15, -0.1) is 0 Å². The third-order valence-corrected chi connectivity index (χ3v) is 2.89. The molecule has 0 saturated heterocycles. The van der Waals surface area contributed by atoms with Crippen molar-refractivity contribution in [3.8, 4) is 11.1 Å². The largest absolute Gasteiger partial charge is 0.298 e. The van der Waals surface area contributed by atoms with Crippen LogP contribution in [0, 0.1) is 0 Å². The lowest BCUT2D eigenvalue weighted by molar-refractivity contribution is 0.104. The molecule has 3 rings (SSSR count). The van der Waals surface area contributed by atoms with E-state index in [-0.39, 0.29) is 5.78 Å². The summed E-state index contributed by atoms with van der Waals surface area (Å²) in [5.74, 6) is 0.00861. The number of hydrogen-bond donors (Lipinski definition) is 0. The predicted molar refractivity (Wildman–Crippen MR) is 60.7 cm³/mol. The van der Waals surface area contributed by atoms with Crippen molar-refractivity contribution >= 4 is 12.1 Å². The van der Waals surface area contributed by atoms with Crippen LogP contribution in [0.1, 0.15) is 26.3 Å². The Kier molecular flexibility index (Phi) is 1.77. The van der Waals surface area contributed by atoms with Crippen LogP contribution in [0.3, 0.4) is 0 Å². The second-order valence-electron chi connectivity index (χ2n) is 3.80. The Morgan fingerprint density at radius 3 is 2.25 bits per heavy atom. The van der Waals surface area contributed by atoms with Gasteiger partial charge in [0.1, 0.15) is 6.29 Å². The second-order valence-corrected chi connectivity index (χ2v) is 3.80. The predicted octanol–water partition coefficient (Wildman–Crippen LogP) is 2.71. The topological polar surface area (TPSA) is 34.1 Å². The number of benzene rings is 2. The van der Waals surface area contributed by atoms with Gasteiger partial charge in [0.2, 0.25) is 0 Å². The molecule has 2 heteroatoms. The zero-order valence-electron chi connectivity index (χ0n) is 8.44. The lowest BCUT2D eigenvalue weighted by Gasteiger charge is -1.98. The molecular weight excluding hydrogens is 200 g/mol. The molecule has 0 saturated carbocycles. The standard InChI is InChI=1S/C14H8O2/c15-8-9-5-6-11-10-3-1-2-4-12(10)14(16)13(11)7-9/h1-8H. The van der Waals surface area contributed by atoms with Gasteiger partial charge in [0.15, 0.2) is 5.78 Å². The maximum atomic E-state index is 12.0. The van der Waals surface area contributed by atoms with Gasteiger partial charge in [-0.3, -0.25) is 9.59 Å². The molecule has 0 aromatic heterocycles. The Bertz CT molecular complexity index is 612. The van der Waals surface area contributed by atoms with Crippen molar-refractivity contribution in [2.45, 2.75) is 0 Å². The minimum atomic E-state index is 0.00861. The van der Waals surface area contributed by atoms with Crippen molar-refractivity contribution in [1.29, 1.82) is 0 Å². The first-order chi connectivity index (χ1) is 7.81. The van der Waals surface area contributed by atoms with E-state index >= 15 is 0 Å². The number of aldehydes is 1. The van der Waals surface area contributed by atoms with Crippen LogP contribution in [0.2, 0.25) is 0 Å². The highest BCUT2D eigenvalue weighted by Gasteiger charge is 2.25. The summed E-state index contributed by atoms with van der Waals surface area (Å²) in [5, 5.41) is 0. The Morgan fingerprint density at radius 1 is 0.812 bits per heavy atom. The Labute approximate surface area is 92.5 Å². The second kappa shape index (κ2) is 3.14. The smallest absolute Gasteiger partial charge is 0.194 e. The molecule has 0 N–H and O–H groups in total. The minimum Gasteiger partial charge on any atom is -0.298 e. The van der Waals surface area contributed by atoms with Crippen molar-refractivity contribution in [3.05, 3.63) is 59.2 Å². The van der Waals surface area contributed by atoms with Crippen LogP contribution in [-0.2, 0) is 0 Å². The molecule has 0 heterocycles. The van der Waals surface area contributed by atoms with Crippen LogP contribution in [0.15, 0.2) is 42.5 Å². The number of hydrogen-bond acceptors (Lipinski definition) is 2. The number of rotatable bonds is 1. The molecule has 0 amide bonds. The van der Waals surface area contributed by atoms with Crippen molar-refractivity contribution in [1.82, 2.24) is 0 Å². The normalized spacial score (nSPS) is 12.1. The van der Waals surface area contributed by atoms with E-state index in [0.29, 0.717) is 11.1 Å². The molecular formula is C14H8O2. The number of carbonyl (C=O) groups is 2. The summed E-state index contributed by atoms with van der Waals surface area (Å²) in [5.41, 5.74) is 3.78. The van der Waals surface area contributed by atoms with Crippen LogP contribution < -0.4 is 0 Å². The summed E-state index contributed by atoms with van der Waals surface area (Å²) < 4.78 is 0. The molecule has 0 bridgehead atoms. The van der Waals surface area contributed by atoms with Crippen LogP contribution in [-0.4, -0.2) is 12.1 Å². The van der Waals surface area contributed by atoms with Gasteiger partial charge in [0.25, 0.3) is 0 Å². The van der Waals surface area contributed by atoms with Gasteiger partial charge >= 0.3 is 0 Å². The van der Waals surface area contributed by atoms with Crippen molar-refractivity contribution in [2.75, 3.05) is 0 Å². The third kappa shape index (κ3) is 1.07. The SMILES string of the molecule is O=Cc1ccc2c(c1)C(=O)c1ccccc1-2. The minimum absolute atomic E-state index is 0.00861. The van der Waals surface area contributed by atoms with Gasteiger partial charge in [0.05, 0.1) is 0 Å². The van der Waals surface area contributed by atoms with E-state index in [1.807, 2.05) is 30.3 Å². The molecule has 0 fully saturated rings. The van der Waals surface area contributed by atoms with E-state index in [4.69, 9.17) is 0 Å². The fourth-order valence-corrected chi connectivity index (χ4v) is 2.12. The Hall–Kier alpha value is -2.22. The van der Waals surface area contributed by atoms with E-state index in [2.05, 4.69) is 0 Å². The molecule has 16 heavy (non-hydrogen) atoms. The summed E-state index contributed by atoms with van der Waals surface area (Å²) in [4.78, 5) is 22.7. The van der Waals surface area contributed by atoms with Gasteiger partial charge in [-0.05, 0) is 17.2 Å². The highest BCUT2D eigenvalue weighted by Crippen LogP contribution is 2.36. The van der Waals surface area contributed by atoms with Crippen LogP contribution in [0.5, 0.6) is 0 Å². The monoisotopic (exact) mass is 208 g/mol. The molecule has 0 radical (unpaired) electrons. The average Bonchev–Trinajstić information content (AvgIpc) is 2.64. The van der Waals surface area contributed by atoms with Crippen LogP contribution >= 0.6 is 0 Å². The Balaban J connectivity index is 2.32. The molecule has 2 aromatic carbocycles. The highest BCUT2D eigenvalue weighted by atomic mass is 16.1. The van der Waals surface area contributed by atoms with E-state index in [9.17, 15) is 9.59 Å². The lowest BCUT2D eigenvalue weighted by atomic mass is 10.0. The molecule has 1 aliphatic rings. The summed E-state index contributed by atoms with van der Waals surface area (Å²) >= 11 is 0. The first-order valence-corrected chi connectivity index (χ1v) is 5.04. The third-order valence-electron chi connectivity index (χ3n) is 2.89. The fourth-order valence-electron chi connectivity index (χ4n) is 2.12. The molecule has 1 aliphatic carbocycles. The lowest BCUT2D eigenvalue weighted by Crippen LogP contribution is -1.95. The van der Waals surface area contributed by atoms with Gasteiger partial charge < -0.3 is 0 Å². The quantitative estimate of drug-likeness (QED) is 0.576. The molecule has 0 unspecified atom stereocenters. The van der Waals surface area contributed by atoms with E-state index in [1.165, 1.54) is 0 Å². The summed E-state index contributed by atoms with van der Waals surface area (Å²) in [6.45, 7) is 0. The van der Waals surface area contributed by atoms with Gasteiger partial charge in [-0.1, -0.05) is 36.4 Å². The average molecular weight is 208 g/mol. The number of carbonyl (C=O) groups excluding carboxylic acids is 2. The molecule has 2 nitrogen and oxygen atoms in total. The van der Waals surface area contributed by atoms with E-state index in [0.717, 1.165) is 23.0 Å². The van der Waals surface area contributed by atoms with Crippen molar-refractivity contribution in [3.63, 3.8) is 0 Å². The molecule has 0 aliphatic heterocycles. The molecule has 0 atom stereocenters. The van der Waals surface area contributed by atoms with Crippen molar-refractivity contribution in [2.24, 2.45) is 0 Å². The summed E-state index contributed by atoms with van der Waals surface area (Å²) in [7, 11) is 0. The van der Waals surface area contributed by atoms with Gasteiger partial charge in [-0.25, -0.2) is 0 Å². The maximum Gasteiger partial charge on any atom is 0.194 e. The zero-order valence-corrected chi connectivity index (χ0v) is 8.44. The van der Waals surface area contributed by atoms with Crippen LogP contribution in [0.4, 0.5) is 0 Å². The number of fused-ring (bicyclic) bond motifs is 3. The first kappa shape index (κ1) is 9.04. The van der Waals surface area contributed by atoms with Gasteiger partial charge in [0, 0.05) is 16.7 Å². The number of ketones is 1. The zero-order chi connectivity index (χ0) is 11.1. The summed E-state index contributed by atoms with van der Waals surface area (Å²) in [6.07, 6.45) is 0.760. The maximum absolute atomic E-state index is 12.0. The first-order valence-electron chi connectivity index (χ1n) is 5.04. The van der Waals surface area contributed by atoms with E-state index in [1.54, 1.807) is 12.1 Å². The molecule has 0 spiro atoms. The van der Waals surface area contributed by atoms with E-state index < -0.39 is 0 Å². The van der Waals surface area contributed by atoms with Crippen LogP contribution in [0.25, 0.3) is 11.1 Å². The summed E-state index contributed by atoms with van der Waals surface area (Å²) in [6, 6.07) is 12.7. The molecule has 76 valence electrons. The van der Waals surface area contributed by atoms with Crippen molar-refractivity contribution < 1.29 is 9.59 Å². The van der Waals surface area contributed by atoms with Gasteiger partial charge in [-0.2, -0.15) is 0 Å². The fraction of sp³-hybridized carbons (Fsp3) is 0. The Morgan fingerprint density at radius 2 is 1.50 bits per heavy atom.